The van der Waals surface area contributed by atoms with Crippen molar-refractivity contribution in [2.75, 3.05) is 4.90 Å². The Morgan fingerprint density at radius 1 is 0.426 bits per heavy atom. The van der Waals surface area contributed by atoms with Crippen molar-refractivity contribution in [2.24, 2.45) is 0 Å². The minimum atomic E-state index is -0.0579. The number of nitrogens with zero attached hydrogens (tertiary/aromatic N) is 2. The molecule has 0 radical (unpaired) electrons. The number of fused-ring (bicyclic) bond motifs is 9. The molecule has 2 nitrogen and oxygen atoms in total. The average molecular weight is 601 g/mol. The van der Waals surface area contributed by atoms with E-state index in [2.05, 4.69) is 179 Å². The summed E-state index contributed by atoms with van der Waals surface area (Å²) in [4.78, 5) is 2.44. The molecule has 8 aromatic rings. The first kappa shape index (κ1) is 26.4. The third-order valence-electron chi connectivity index (χ3n) is 10.6. The first-order chi connectivity index (χ1) is 23.3. The van der Waals surface area contributed by atoms with Gasteiger partial charge < -0.3 is 9.47 Å². The summed E-state index contributed by atoms with van der Waals surface area (Å²) in [6, 6.07) is 62.6. The van der Waals surface area contributed by atoms with Crippen molar-refractivity contribution in [1.29, 1.82) is 0 Å². The zero-order valence-corrected chi connectivity index (χ0v) is 26.0. The Morgan fingerprint density at radius 3 is 1.83 bits per heavy atom. The highest BCUT2D eigenvalue weighted by atomic mass is 15.1. The Kier molecular flexibility index (Phi) is 5.65. The van der Waals surface area contributed by atoms with Crippen molar-refractivity contribution in [3.8, 4) is 16.8 Å². The maximum Gasteiger partial charge on any atom is 0.0561 e. The van der Waals surface area contributed by atoms with Crippen LogP contribution >= 0.6 is 0 Å². The lowest BCUT2D eigenvalue weighted by Crippen LogP contribution is -2.26. The van der Waals surface area contributed by atoms with Gasteiger partial charge in [-0.1, -0.05) is 115 Å². The Labute approximate surface area is 274 Å². The average Bonchev–Trinajstić information content (AvgIpc) is 3.77. The van der Waals surface area contributed by atoms with Crippen LogP contribution in [0.2, 0.25) is 0 Å². The molecule has 0 N–H and O–H groups in total. The van der Waals surface area contributed by atoms with Crippen LogP contribution < -0.4 is 4.90 Å². The maximum absolute atomic E-state index is 2.49. The largest absolute Gasteiger partial charge is 0.310 e. The van der Waals surface area contributed by atoms with Gasteiger partial charge in [0.2, 0.25) is 0 Å². The molecule has 0 unspecified atom stereocenters. The van der Waals surface area contributed by atoms with Crippen molar-refractivity contribution in [3.05, 3.63) is 192 Å². The van der Waals surface area contributed by atoms with E-state index < -0.39 is 0 Å². The van der Waals surface area contributed by atoms with E-state index in [1.165, 1.54) is 66.6 Å². The smallest absolute Gasteiger partial charge is 0.0561 e. The van der Waals surface area contributed by atoms with Gasteiger partial charge >= 0.3 is 0 Å². The van der Waals surface area contributed by atoms with E-state index in [1.807, 2.05) is 0 Å². The lowest BCUT2D eigenvalue weighted by molar-refractivity contribution is 0.563. The monoisotopic (exact) mass is 600 g/mol. The quantitative estimate of drug-likeness (QED) is 0.195. The SMILES string of the molecule is c1ccc(N(c2ccc3c(c2)C2(Cc4ccccc4C2)c2ccccc2-3)c2ccc3c4ccccc4n(-c4ccccc4)c3c2)cc1. The molecule has 222 valence electrons. The van der Waals surface area contributed by atoms with Crippen LogP contribution in [0, 0.1) is 0 Å². The summed E-state index contributed by atoms with van der Waals surface area (Å²) in [6.45, 7) is 0. The van der Waals surface area contributed by atoms with Gasteiger partial charge in [0.15, 0.2) is 0 Å². The van der Waals surface area contributed by atoms with E-state index in [1.54, 1.807) is 0 Å². The molecule has 0 atom stereocenters. The molecule has 10 rings (SSSR count). The summed E-state index contributed by atoms with van der Waals surface area (Å²) in [5, 5.41) is 2.52. The molecule has 2 heteroatoms. The summed E-state index contributed by atoms with van der Waals surface area (Å²) in [5.41, 5.74) is 15.6. The van der Waals surface area contributed by atoms with Gasteiger partial charge in [0.05, 0.1) is 11.0 Å². The third-order valence-corrected chi connectivity index (χ3v) is 10.6. The van der Waals surface area contributed by atoms with Crippen LogP contribution in [0.4, 0.5) is 17.1 Å². The van der Waals surface area contributed by atoms with E-state index in [-0.39, 0.29) is 5.41 Å². The number of hydrogen-bond donors (Lipinski definition) is 0. The topological polar surface area (TPSA) is 8.17 Å². The lowest BCUT2D eigenvalue weighted by atomic mass is 9.75. The molecule has 0 saturated carbocycles. The van der Waals surface area contributed by atoms with Gasteiger partial charge in [0, 0.05) is 38.9 Å². The van der Waals surface area contributed by atoms with Crippen molar-refractivity contribution < 1.29 is 0 Å². The first-order valence-electron chi connectivity index (χ1n) is 16.5. The highest BCUT2D eigenvalue weighted by molar-refractivity contribution is 6.10. The molecular formula is C45H32N2. The second-order valence-electron chi connectivity index (χ2n) is 13.0. The number of aromatic nitrogens is 1. The van der Waals surface area contributed by atoms with Gasteiger partial charge in [-0.2, -0.15) is 0 Å². The number of hydrogen-bond acceptors (Lipinski definition) is 1. The van der Waals surface area contributed by atoms with Crippen molar-refractivity contribution in [1.82, 2.24) is 4.57 Å². The fourth-order valence-electron chi connectivity index (χ4n) is 8.56. The Morgan fingerprint density at radius 2 is 1.02 bits per heavy atom. The Hall–Kier alpha value is -5.86. The van der Waals surface area contributed by atoms with Gasteiger partial charge in [-0.3, -0.25) is 0 Å². The van der Waals surface area contributed by atoms with Crippen molar-refractivity contribution in [3.63, 3.8) is 0 Å². The normalized spacial score (nSPS) is 14.0. The van der Waals surface area contributed by atoms with Crippen molar-refractivity contribution in [2.45, 2.75) is 18.3 Å². The van der Waals surface area contributed by atoms with Crippen LogP contribution in [0.1, 0.15) is 22.3 Å². The fraction of sp³-hybridized carbons (Fsp3) is 0.0667. The molecule has 0 bridgehead atoms. The molecule has 47 heavy (non-hydrogen) atoms. The standard InChI is InChI=1S/C45H32N2/c1-3-15-33(16-4-1)46(36-24-26-40-39-20-10-12-22-43(39)47(44(40)28-36)34-17-5-2-6-18-34)35-23-25-38-37-19-9-11-21-41(37)45(42(38)27-35)29-31-13-7-8-14-32(31)30-45/h1-28H,29-30H2. The molecular weight excluding hydrogens is 569 g/mol. The Bertz CT molecular complexity index is 2450. The van der Waals surface area contributed by atoms with Crippen LogP contribution in [0.25, 0.3) is 38.6 Å². The summed E-state index contributed by atoms with van der Waals surface area (Å²) in [6.07, 6.45) is 2.07. The number of rotatable bonds is 4. The zero-order chi connectivity index (χ0) is 31.0. The lowest BCUT2D eigenvalue weighted by Gasteiger charge is -2.30. The van der Waals surface area contributed by atoms with E-state index in [4.69, 9.17) is 0 Å². The number of anilines is 3. The van der Waals surface area contributed by atoms with Gasteiger partial charge in [-0.05, 0) is 101 Å². The molecule has 1 spiro atoms. The van der Waals surface area contributed by atoms with E-state index in [0.717, 1.165) is 24.2 Å². The highest BCUT2D eigenvalue weighted by Crippen LogP contribution is 2.56. The molecule has 7 aromatic carbocycles. The van der Waals surface area contributed by atoms with E-state index >= 15 is 0 Å². The van der Waals surface area contributed by atoms with Crippen LogP contribution in [-0.2, 0) is 18.3 Å². The molecule has 0 aliphatic heterocycles. The molecule has 1 aromatic heterocycles. The van der Waals surface area contributed by atoms with Gasteiger partial charge in [-0.25, -0.2) is 0 Å². The number of para-hydroxylation sites is 3. The zero-order valence-electron chi connectivity index (χ0n) is 26.0. The summed E-state index contributed by atoms with van der Waals surface area (Å²) in [7, 11) is 0. The summed E-state index contributed by atoms with van der Waals surface area (Å²) in [5.74, 6) is 0. The van der Waals surface area contributed by atoms with Crippen LogP contribution in [0.15, 0.2) is 170 Å². The minimum absolute atomic E-state index is 0.0579. The second-order valence-corrected chi connectivity index (χ2v) is 13.0. The van der Waals surface area contributed by atoms with Crippen LogP contribution in [-0.4, -0.2) is 4.57 Å². The van der Waals surface area contributed by atoms with Gasteiger partial charge in [-0.15, -0.1) is 0 Å². The predicted octanol–water partition coefficient (Wildman–Crippen LogP) is 11.3. The summed E-state index contributed by atoms with van der Waals surface area (Å²) < 4.78 is 2.40. The number of benzene rings is 7. The first-order valence-corrected chi connectivity index (χ1v) is 16.5. The Balaban J connectivity index is 1.20. The molecule has 1 heterocycles. The molecule has 2 aliphatic carbocycles. The predicted molar refractivity (Wildman–Crippen MR) is 196 cm³/mol. The van der Waals surface area contributed by atoms with Gasteiger partial charge in [0.1, 0.15) is 0 Å². The molecule has 0 saturated heterocycles. The molecule has 0 fully saturated rings. The maximum atomic E-state index is 2.49. The fourth-order valence-corrected chi connectivity index (χ4v) is 8.56. The molecule has 2 aliphatic rings. The second kappa shape index (κ2) is 10.1. The van der Waals surface area contributed by atoms with Crippen LogP contribution in [0.5, 0.6) is 0 Å². The van der Waals surface area contributed by atoms with E-state index in [9.17, 15) is 0 Å². The van der Waals surface area contributed by atoms with E-state index in [0.29, 0.717) is 0 Å². The van der Waals surface area contributed by atoms with Crippen LogP contribution in [0.3, 0.4) is 0 Å². The van der Waals surface area contributed by atoms with Crippen molar-refractivity contribution >= 4 is 38.9 Å². The summed E-state index contributed by atoms with van der Waals surface area (Å²) >= 11 is 0. The third kappa shape index (κ3) is 3.85. The molecule has 0 amide bonds. The van der Waals surface area contributed by atoms with Gasteiger partial charge in [0.25, 0.3) is 0 Å². The minimum Gasteiger partial charge on any atom is -0.310 e. The highest BCUT2D eigenvalue weighted by Gasteiger charge is 2.47.